The zero-order valence-electron chi connectivity index (χ0n) is 22.9. The Morgan fingerprint density at radius 2 is 1.34 bits per heavy atom. The predicted octanol–water partition coefficient (Wildman–Crippen LogP) is 3.15. The minimum absolute atomic E-state index is 0.117. The summed E-state index contributed by atoms with van der Waals surface area (Å²) >= 11 is 0. The maximum Gasteiger partial charge on any atom is 0.501 e. The van der Waals surface area contributed by atoms with Crippen LogP contribution < -0.4 is 32.3 Å². The quantitative estimate of drug-likeness (QED) is 0.231. The predicted molar refractivity (Wildman–Crippen MR) is 150 cm³/mol. The summed E-state index contributed by atoms with van der Waals surface area (Å²) in [6.07, 6.45) is 5.31. The summed E-state index contributed by atoms with van der Waals surface area (Å²) in [5.41, 5.74) is 3.79. The zero-order chi connectivity index (χ0) is 32.6. The number of urea groups is 3. The Labute approximate surface area is 247 Å². The number of carbonyl (C=O) groups is 4. The fourth-order valence-corrected chi connectivity index (χ4v) is 5.96. The van der Waals surface area contributed by atoms with E-state index in [0.29, 0.717) is 28.2 Å². The van der Waals surface area contributed by atoms with E-state index in [9.17, 15) is 40.8 Å². The third-order valence-corrected chi connectivity index (χ3v) is 8.81. The Morgan fingerprint density at radius 3 is 1.75 bits per heavy atom. The van der Waals surface area contributed by atoms with Crippen molar-refractivity contribution in [3.05, 3.63) is 72.3 Å². The van der Waals surface area contributed by atoms with Crippen LogP contribution in [0.2, 0.25) is 0 Å². The molecule has 1 aliphatic heterocycles. The first-order valence-electron chi connectivity index (χ1n) is 12.6. The number of rotatable bonds is 8. The normalized spacial score (nSPS) is 18.3. The highest BCUT2D eigenvalue weighted by Crippen LogP contribution is 2.47. The Bertz CT molecular complexity index is 1690. The zero-order valence-corrected chi connectivity index (χ0v) is 23.7. The average Bonchev–Trinajstić information content (AvgIpc) is 3.22. The number of nitrogens with one attached hydrogen (secondary N) is 3. The molecule has 1 aliphatic rings. The van der Waals surface area contributed by atoms with Crippen molar-refractivity contribution in [3.63, 3.8) is 0 Å². The second-order valence-corrected chi connectivity index (χ2v) is 11.7. The minimum Gasteiger partial charge on any atom is -0.351 e. The SMILES string of the molecule is CC(c1ccncc1NC(N)=O)C1(C(C)c2ccncc2NC(N)=O)NC(=O)N(c2ccc(S(=O)(=O)C(F)(F)F)cc2)C1=O. The van der Waals surface area contributed by atoms with Gasteiger partial charge in [0.2, 0.25) is 0 Å². The van der Waals surface area contributed by atoms with Gasteiger partial charge in [-0.2, -0.15) is 13.2 Å². The topological polar surface area (TPSA) is 220 Å². The van der Waals surface area contributed by atoms with Crippen molar-refractivity contribution < 1.29 is 40.8 Å². The van der Waals surface area contributed by atoms with Crippen LogP contribution in [0.3, 0.4) is 0 Å². The van der Waals surface area contributed by atoms with Gasteiger partial charge in [-0.05, 0) is 47.5 Å². The molecule has 1 saturated heterocycles. The van der Waals surface area contributed by atoms with Crippen LogP contribution in [0.4, 0.5) is 44.6 Å². The maximum atomic E-state index is 14.5. The van der Waals surface area contributed by atoms with Crippen molar-refractivity contribution >= 4 is 50.9 Å². The van der Waals surface area contributed by atoms with Crippen molar-refractivity contribution in [1.29, 1.82) is 0 Å². The lowest BCUT2D eigenvalue weighted by Gasteiger charge is -2.39. The van der Waals surface area contributed by atoms with Gasteiger partial charge in [0.15, 0.2) is 0 Å². The number of hydrogen-bond donors (Lipinski definition) is 5. The number of imide groups is 1. The fraction of sp³-hybridized carbons (Fsp3) is 0.231. The molecular formula is C26H25F3N8O6S. The molecule has 4 rings (SSSR count). The Kier molecular flexibility index (Phi) is 8.23. The molecule has 14 nitrogen and oxygen atoms in total. The largest absolute Gasteiger partial charge is 0.501 e. The van der Waals surface area contributed by atoms with Crippen molar-refractivity contribution in [1.82, 2.24) is 15.3 Å². The summed E-state index contributed by atoms with van der Waals surface area (Å²) in [5.74, 6) is -2.86. The minimum atomic E-state index is -5.70. The number of halogens is 3. The molecule has 232 valence electrons. The molecule has 0 aliphatic carbocycles. The molecule has 3 aromatic rings. The molecule has 0 saturated carbocycles. The van der Waals surface area contributed by atoms with Gasteiger partial charge >= 0.3 is 23.6 Å². The van der Waals surface area contributed by atoms with Gasteiger partial charge < -0.3 is 27.4 Å². The van der Waals surface area contributed by atoms with Gasteiger partial charge in [-0.15, -0.1) is 0 Å². The number of nitrogens with zero attached hydrogens (tertiary/aromatic N) is 3. The van der Waals surface area contributed by atoms with E-state index < -0.39 is 61.6 Å². The number of pyridine rings is 2. The van der Waals surface area contributed by atoms with Crippen LogP contribution >= 0.6 is 0 Å². The van der Waals surface area contributed by atoms with Crippen molar-refractivity contribution in [3.8, 4) is 0 Å². The lowest BCUT2D eigenvalue weighted by Crippen LogP contribution is -2.55. The van der Waals surface area contributed by atoms with Crippen molar-refractivity contribution in [2.24, 2.45) is 11.5 Å². The first kappa shape index (κ1) is 31.7. The van der Waals surface area contributed by atoms with E-state index in [1.165, 1.54) is 36.9 Å². The smallest absolute Gasteiger partial charge is 0.351 e. The van der Waals surface area contributed by atoms with Gasteiger partial charge in [0.25, 0.3) is 15.7 Å². The average molecular weight is 635 g/mol. The Hall–Kier alpha value is -5.26. The molecule has 1 aromatic carbocycles. The lowest BCUT2D eigenvalue weighted by molar-refractivity contribution is -0.123. The fourth-order valence-electron chi connectivity index (χ4n) is 5.20. The lowest BCUT2D eigenvalue weighted by atomic mass is 9.69. The standard InChI is InChI=1S/C26H25F3N8O6S/c1-13(17-7-9-32-11-19(17)34-22(30)39)25(14(2)18-8-10-33-12-20(18)35-23(31)40)21(38)37(24(41)36-25)15-3-5-16(6-4-15)44(42,43)26(27,28)29/h3-14H,1-2H3,(H,36,41)(H3,30,34,39)(H3,31,35,40). The van der Waals surface area contributed by atoms with Crippen LogP contribution in [-0.4, -0.2) is 53.4 Å². The summed E-state index contributed by atoms with van der Waals surface area (Å²) in [5, 5.41) is 7.54. The maximum absolute atomic E-state index is 14.5. The van der Waals surface area contributed by atoms with Crippen molar-refractivity contribution in [2.75, 3.05) is 15.5 Å². The first-order valence-corrected chi connectivity index (χ1v) is 14.1. The highest BCUT2D eigenvalue weighted by atomic mass is 32.2. The molecule has 2 aromatic heterocycles. The molecule has 0 bridgehead atoms. The van der Waals surface area contributed by atoms with Gasteiger partial charge in [-0.25, -0.2) is 27.7 Å². The van der Waals surface area contributed by atoms with Gasteiger partial charge in [-0.3, -0.25) is 14.8 Å². The Morgan fingerprint density at radius 1 is 0.886 bits per heavy atom. The highest BCUT2D eigenvalue weighted by molar-refractivity contribution is 7.92. The van der Waals surface area contributed by atoms with Crippen LogP contribution in [-0.2, 0) is 14.6 Å². The first-order chi connectivity index (χ1) is 20.5. The third kappa shape index (κ3) is 5.46. The van der Waals surface area contributed by atoms with E-state index in [2.05, 4.69) is 25.9 Å². The molecule has 7 amide bonds. The molecule has 44 heavy (non-hydrogen) atoms. The second kappa shape index (κ2) is 11.4. The monoisotopic (exact) mass is 634 g/mol. The van der Waals surface area contributed by atoms with E-state index >= 15 is 0 Å². The molecule has 2 unspecified atom stereocenters. The Balaban J connectivity index is 1.89. The molecule has 0 radical (unpaired) electrons. The van der Waals surface area contributed by atoms with Crippen LogP contribution in [0.15, 0.2) is 66.1 Å². The number of nitrogens with two attached hydrogens (primary N) is 2. The van der Waals surface area contributed by atoms with Gasteiger partial charge in [-0.1, -0.05) is 13.8 Å². The number of aromatic nitrogens is 2. The molecular weight excluding hydrogens is 609 g/mol. The molecule has 1 fully saturated rings. The molecule has 7 N–H and O–H groups in total. The van der Waals surface area contributed by atoms with E-state index in [1.807, 2.05) is 0 Å². The summed E-state index contributed by atoms with van der Waals surface area (Å²) in [4.78, 5) is 59.0. The summed E-state index contributed by atoms with van der Waals surface area (Å²) < 4.78 is 62.9. The number of primary amides is 2. The number of anilines is 3. The van der Waals surface area contributed by atoms with Crippen LogP contribution in [0, 0.1) is 0 Å². The summed E-state index contributed by atoms with van der Waals surface area (Å²) in [6.45, 7) is 3.14. The van der Waals surface area contributed by atoms with Crippen molar-refractivity contribution in [2.45, 2.75) is 41.6 Å². The second-order valence-electron chi connectivity index (χ2n) is 9.73. The van der Waals surface area contributed by atoms with Gasteiger partial charge in [0.05, 0.1) is 34.4 Å². The number of sulfone groups is 1. The number of alkyl halides is 3. The number of benzene rings is 1. The van der Waals surface area contributed by atoms with Gasteiger partial charge in [0, 0.05) is 24.2 Å². The number of hydrogen-bond acceptors (Lipinski definition) is 8. The van der Waals surface area contributed by atoms with E-state index in [0.717, 1.165) is 12.1 Å². The van der Waals surface area contributed by atoms with Crippen LogP contribution in [0.1, 0.15) is 36.8 Å². The van der Waals surface area contributed by atoms with Crippen LogP contribution in [0.5, 0.6) is 0 Å². The van der Waals surface area contributed by atoms with E-state index in [1.54, 1.807) is 13.8 Å². The van der Waals surface area contributed by atoms with Gasteiger partial charge in [0.1, 0.15) is 5.54 Å². The summed E-state index contributed by atoms with van der Waals surface area (Å²) in [6, 6.07) is 3.14. The molecule has 2 atom stereocenters. The van der Waals surface area contributed by atoms with E-state index in [4.69, 9.17) is 11.5 Å². The molecule has 3 heterocycles. The van der Waals surface area contributed by atoms with Crippen LogP contribution in [0.25, 0.3) is 0 Å². The molecule has 18 heteroatoms. The summed E-state index contributed by atoms with van der Waals surface area (Å²) in [7, 11) is -5.70. The molecule has 0 spiro atoms. The van der Waals surface area contributed by atoms with E-state index in [-0.39, 0.29) is 17.1 Å². The highest BCUT2D eigenvalue weighted by Gasteiger charge is 2.59. The third-order valence-electron chi connectivity index (χ3n) is 7.31. The number of carbonyl (C=O) groups excluding carboxylic acids is 4. The number of amides is 7.